The Labute approximate surface area is 81.7 Å². The first-order valence-corrected chi connectivity index (χ1v) is 4.18. The quantitative estimate of drug-likeness (QED) is 0.634. The molecule has 0 saturated heterocycles. The molecule has 0 heterocycles. The van der Waals surface area contributed by atoms with Crippen LogP contribution in [0.2, 0.25) is 5.02 Å². The SMILES string of the molecule is Cc1c(F)ccc(C#CCN)c1Cl. The average Bonchev–Trinajstić information content (AvgIpc) is 2.13. The van der Waals surface area contributed by atoms with Gasteiger partial charge in [-0.25, -0.2) is 4.39 Å². The Morgan fingerprint density at radius 3 is 2.85 bits per heavy atom. The second kappa shape index (κ2) is 4.27. The van der Waals surface area contributed by atoms with Gasteiger partial charge in [0.25, 0.3) is 0 Å². The highest BCUT2D eigenvalue weighted by Crippen LogP contribution is 2.21. The van der Waals surface area contributed by atoms with Gasteiger partial charge in [0.05, 0.1) is 11.6 Å². The van der Waals surface area contributed by atoms with Crippen LogP contribution in [0.15, 0.2) is 12.1 Å². The number of hydrogen-bond donors (Lipinski definition) is 1. The fourth-order valence-corrected chi connectivity index (χ4v) is 1.10. The highest BCUT2D eigenvalue weighted by molar-refractivity contribution is 6.32. The minimum absolute atomic E-state index is 0.271. The lowest BCUT2D eigenvalue weighted by molar-refractivity contribution is 0.618. The van der Waals surface area contributed by atoms with Crippen molar-refractivity contribution in [3.05, 3.63) is 34.1 Å². The van der Waals surface area contributed by atoms with Crippen LogP contribution in [0.1, 0.15) is 11.1 Å². The van der Waals surface area contributed by atoms with Crippen molar-refractivity contribution >= 4 is 11.6 Å². The van der Waals surface area contributed by atoms with E-state index in [1.807, 2.05) is 0 Å². The molecule has 13 heavy (non-hydrogen) atoms. The zero-order chi connectivity index (χ0) is 9.84. The molecular weight excluding hydrogens is 189 g/mol. The van der Waals surface area contributed by atoms with E-state index in [0.29, 0.717) is 16.1 Å². The summed E-state index contributed by atoms with van der Waals surface area (Å²) in [7, 11) is 0. The number of halogens is 2. The fraction of sp³-hybridized carbons (Fsp3) is 0.200. The van der Waals surface area contributed by atoms with Crippen LogP contribution < -0.4 is 5.73 Å². The van der Waals surface area contributed by atoms with Crippen LogP contribution in [-0.2, 0) is 0 Å². The van der Waals surface area contributed by atoms with Gasteiger partial charge in [-0.05, 0) is 19.1 Å². The van der Waals surface area contributed by atoms with Crippen LogP contribution in [0, 0.1) is 24.6 Å². The van der Waals surface area contributed by atoms with Gasteiger partial charge in [0.2, 0.25) is 0 Å². The molecule has 0 amide bonds. The van der Waals surface area contributed by atoms with Gasteiger partial charge in [-0.15, -0.1) is 0 Å². The first kappa shape index (κ1) is 10.0. The highest BCUT2D eigenvalue weighted by Gasteiger charge is 2.05. The summed E-state index contributed by atoms with van der Waals surface area (Å²) < 4.78 is 12.9. The van der Waals surface area contributed by atoms with E-state index in [0.717, 1.165) is 0 Å². The lowest BCUT2D eigenvalue weighted by Crippen LogP contribution is -1.94. The predicted octanol–water partition coefficient (Wildman–Crippen LogP) is 2.10. The molecular formula is C10H9ClFN. The van der Waals surface area contributed by atoms with E-state index < -0.39 is 0 Å². The minimum atomic E-state index is -0.316. The summed E-state index contributed by atoms with van der Waals surface area (Å²) in [5.74, 6) is 5.11. The van der Waals surface area contributed by atoms with E-state index in [1.165, 1.54) is 6.07 Å². The molecule has 0 aliphatic rings. The minimum Gasteiger partial charge on any atom is -0.320 e. The van der Waals surface area contributed by atoms with Crippen LogP contribution in [0.5, 0.6) is 0 Å². The summed E-state index contributed by atoms with van der Waals surface area (Å²) in [6.07, 6.45) is 0. The van der Waals surface area contributed by atoms with Crippen molar-refractivity contribution < 1.29 is 4.39 Å². The lowest BCUT2D eigenvalue weighted by atomic mass is 10.1. The van der Waals surface area contributed by atoms with Crippen molar-refractivity contribution in [2.24, 2.45) is 5.73 Å². The molecule has 0 aromatic heterocycles. The van der Waals surface area contributed by atoms with E-state index in [4.69, 9.17) is 17.3 Å². The normalized spacial score (nSPS) is 9.23. The van der Waals surface area contributed by atoms with Crippen LogP contribution >= 0.6 is 11.6 Å². The van der Waals surface area contributed by atoms with Gasteiger partial charge in [-0.3, -0.25) is 0 Å². The third-order valence-corrected chi connectivity index (χ3v) is 2.13. The standard InChI is InChI=1S/C10H9ClFN/c1-7-9(12)5-4-8(10(7)11)3-2-6-13/h4-5H,6,13H2,1H3. The first-order valence-electron chi connectivity index (χ1n) is 3.80. The average molecular weight is 198 g/mol. The largest absolute Gasteiger partial charge is 0.320 e. The lowest BCUT2D eigenvalue weighted by Gasteiger charge is -2.01. The third-order valence-electron chi connectivity index (χ3n) is 1.65. The van der Waals surface area contributed by atoms with E-state index in [2.05, 4.69) is 11.8 Å². The van der Waals surface area contributed by atoms with E-state index in [-0.39, 0.29) is 12.4 Å². The van der Waals surface area contributed by atoms with Crippen LogP contribution in [-0.4, -0.2) is 6.54 Å². The second-order valence-electron chi connectivity index (χ2n) is 2.54. The summed E-state index contributed by atoms with van der Waals surface area (Å²) in [5.41, 5.74) is 6.24. The van der Waals surface area contributed by atoms with E-state index >= 15 is 0 Å². The molecule has 0 radical (unpaired) electrons. The Kier molecular flexibility index (Phi) is 3.30. The highest BCUT2D eigenvalue weighted by atomic mass is 35.5. The molecule has 0 unspecified atom stereocenters. The summed E-state index contributed by atoms with van der Waals surface area (Å²) in [6.45, 7) is 1.89. The number of rotatable bonds is 0. The van der Waals surface area contributed by atoms with E-state index in [1.54, 1.807) is 13.0 Å². The van der Waals surface area contributed by atoms with Gasteiger partial charge in [-0.2, -0.15) is 0 Å². The van der Waals surface area contributed by atoms with Crippen LogP contribution in [0.4, 0.5) is 4.39 Å². The van der Waals surface area contributed by atoms with Crippen LogP contribution in [0.3, 0.4) is 0 Å². The molecule has 1 nitrogen and oxygen atoms in total. The molecule has 3 heteroatoms. The topological polar surface area (TPSA) is 26.0 Å². The van der Waals surface area contributed by atoms with Gasteiger partial charge >= 0.3 is 0 Å². The molecule has 0 fully saturated rings. The van der Waals surface area contributed by atoms with Gasteiger partial charge < -0.3 is 5.73 Å². The molecule has 1 aromatic rings. The van der Waals surface area contributed by atoms with E-state index in [9.17, 15) is 4.39 Å². The number of nitrogens with two attached hydrogens (primary N) is 1. The molecule has 0 spiro atoms. The maximum Gasteiger partial charge on any atom is 0.127 e. The Morgan fingerprint density at radius 1 is 1.54 bits per heavy atom. The third kappa shape index (κ3) is 2.21. The second-order valence-corrected chi connectivity index (χ2v) is 2.92. The Balaban J connectivity index is 3.18. The summed E-state index contributed by atoms with van der Waals surface area (Å²) >= 11 is 5.85. The smallest absolute Gasteiger partial charge is 0.127 e. The Bertz CT molecular complexity index is 376. The molecule has 1 aromatic carbocycles. The first-order chi connectivity index (χ1) is 6.16. The van der Waals surface area contributed by atoms with Crippen molar-refractivity contribution in [1.82, 2.24) is 0 Å². The summed E-state index contributed by atoms with van der Waals surface area (Å²) in [4.78, 5) is 0. The molecule has 0 aliphatic carbocycles. The van der Waals surface area contributed by atoms with Crippen molar-refractivity contribution in [2.75, 3.05) is 6.54 Å². The Hall–Kier alpha value is -1.04. The molecule has 0 atom stereocenters. The van der Waals surface area contributed by atoms with Crippen molar-refractivity contribution in [3.8, 4) is 11.8 Å². The maximum atomic E-state index is 12.9. The molecule has 68 valence electrons. The van der Waals surface area contributed by atoms with Crippen molar-refractivity contribution in [2.45, 2.75) is 6.92 Å². The summed E-state index contributed by atoms with van der Waals surface area (Å²) in [6, 6.07) is 2.90. The molecule has 0 saturated carbocycles. The monoisotopic (exact) mass is 197 g/mol. The molecule has 0 aliphatic heterocycles. The molecule has 1 rings (SSSR count). The zero-order valence-corrected chi connectivity index (χ0v) is 7.95. The molecule has 2 N–H and O–H groups in total. The van der Waals surface area contributed by atoms with Gasteiger partial charge in [0, 0.05) is 11.1 Å². The van der Waals surface area contributed by atoms with Crippen LogP contribution in [0.25, 0.3) is 0 Å². The Morgan fingerprint density at radius 2 is 2.23 bits per heavy atom. The van der Waals surface area contributed by atoms with Gasteiger partial charge in [-0.1, -0.05) is 23.4 Å². The number of hydrogen-bond acceptors (Lipinski definition) is 1. The van der Waals surface area contributed by atoms with Gasteiger partial charge in [0.1, 0.15) is 5.82 Å². The van der Waals surface area contributed by atoms with Crippen molar-refractivity contribution in [1.29, 1.82) is 0 Å². The predicted molar refractivity (Wildman–Crippen MR) is 52.1 cm³/mol. The van der Waals surface area contributed by atoms with Gasteiger partial charge in [0.15, 0.2) is 0 Å². The number of benzene rings is 1. The fourth-order valence-electron chi connectivity index (χ4n) is 0.904. The summed E-state index contributed by atoms with van der Waals surface area (Å²) in [5, 5.41) is 0.362. The maximum absolute atomic E-state index is 12.9. The molecule has 0 bridgehead atoms. The van der Waals surface area contributed by atoms with Crippen molar-refractivity contribution in [3.63, 3.8) is 0 Å². The zero-order valence-electron chi connectivity index (χ0n) is 7.20.